The van der Waals surface area contributed by atoms with E-state index in [-0.39, 0.29) is 0 Å². The number of benzene rings is 1. The van der Waals surface area contributed by atoms with Gasteiger partial charge in [0.15, 0.2) is 0 Å². The van der Waals surface area contributed by atoms with Gasteiger partial charge in [-0.25, -0.2) is 0 Å². The van der Waals surface area contributed by atoms with Gasteiger partial charge in [-0.3, -0.25) is 4.68 Å². The minimum absolute atomic E-state index is 0.595. The number of nitrogens with zero attached hydrogens (tertiary/aromatic N) is 5. The molecule has 0 bridgehead atoms. The van der Waals surface area contributed by atoms with E-state index in [0.717, 1.165) is 16.6 Å². The van der Waals surface area contributed by atoms with Crippen molar-refractivity contribution < 1.29 is 0 Å². The molecule has 0 amide bonds. The summed E-state index contributed by atoms with van der Waals surface area (Å²) in [5, 5.41) is 8.90. The molecule has 2 aromatic rings. The summed E-state index contributed by atoms with van der Waals surface area (Å²) < 4.78 is 1.81. The molecule has 1 aromatic carbocycles. The molecular formula is C9H9N5. The molecule has 5 nitrogen and oxygen atoms in total. The Morgan fingerprint density at radius 2 is 2.29 bits per heavy atom. The van der Waals surface area contributed by atoms with Crippen molar-refractivity contribution in [1.82, 2.24) is 9.78 Å². The van der Waals surface area contributed by atoms with Gasteiger partial charge in [-0.15, -0.1) is 0 Å². The van der Waals surface area contributed by atoms with Crippen molar-refractivity contribution in [3.63, 3.8) is 0 Å². The van der Waals surface area contributed by atoms with E-state index in [4.69, 9.17) is 5.53 Å². The van der Waals surface area contributed by atoms with E-state index in [0.29, 0.717) is 5.69 Å². The van der Waals surface area contributed by atoms with Crippen molar-refractivity contribution in [3.05, 3.63) is 34.3 Å². The molecule has 5 heteroatoms. The van der Waals surface area contributed by atoms with E-state index in [2.05, 4.69) is 15.1 Å². The second-order valence-electron chi connectivity index (χ2n) is 3.10. The van der Waals surface area contributed by atoms with E-state index < -0.39 is 0 Å². The number of aromatic nitrogens is 2. The quantitative estimate of drug-likeness (QED) is 0.384. The summed E-state index contributed by atoms with van der Waals surface area (Å²) in [5.74, 6) is 0. The molecule has 0 unspecified atom stereocenters. The maximum Gasteiger partial charge on any atom is 0.0930 e. The molecule has 0 N–H and O–H groups in total. The summed E-state index contributed by atoms with van der Waals surface area (Å²) in [6, 6.07) is 5.49. The van der Waals surface area contributed by atoms with Gasteiger partial charge >= 0.3 is 0 Å². The third-order valence-electron chi connectivity index (χ3n) is 2.27. The van der Waals surface area contributed by atoms with E-state index in [1.54, 1.807) is 12.1 Å². The van der Waals surface area contributed by atoms with Crippen LogP contribution in [0.1, 0.15) is 5.69 Å². The topological polar surface area (TPSA) is 66.6 Å². The fourth-order valence-corrected chi connectivity index (χ4v) is 1.43. The Hall–Kier alpha value is -2.00. The van der Waals surface area contributed by atoms with Crippen molar-refractivity contribution >= 4 is 16.6 Å². The van der Waals surface area contributed by atoms with Gasteiger partial charge in [0.1, 0.15) is 0 Å². The molecule has 0 saturated carbocycles. The smallest absolute Gasteiger partial charge is 0.0930 e. The van der Waals surface area contributed by atoms with Gasteiger partial charge in [0.25, 0.3) is 0 Å². The fourth-order valence-electron chi connectivity index (χ4n) is 1.43. The lowest BCUT2D eigenvalue weighted by atomic mass is 10.2. The highest BCUT2D eigenvalue weighted by Crippen LogP contribution is 2.22. The van der Waals surface area contributed by atoms with Gasteiger partial charge < -0.3 is 0 Å². The number of azide groups is 1. The predicted molar refractivity (Wildman–Crippen MR) is 54.3 cm³/mol. The second-order valence-corrected chi connectivity index (χ2v) is 3.10. The van der Waals surface area contributed by atoms with Crippen LogP contribution < -0.4 is 0 Å². The standard InChI is InChI=1S/C9H9N5/c1-6-8-4-3-7(11-13-10)5-9(8)12-14(6)2/h3-5H,1-2H3. The molecule has 0 atom stereocenters. The van der Waals surface area contributed by atoms with E-state index in [1.165, 1.54) is 0 Å². The van der Waals surface area contributed by atoms with Crippen LogP contribution in [0.2, 0.25) is 0 Å². The van der Waals surface area contributed by atoms with Crippen molar-refractivity contribution in [2.75, 3.05) is 0 Å². The maximum absolute atomic E-state index is 8.28. The summed E-state index contributed by atoms with van der Waals surface area (Å²) in [4.78, 5) is 2.73. The minimum atomic E-state index is 0.595. The van der Waals surface area contributed by atoms with Crippen molar-refractivity contribution in [3.8, 4) is 0 Å². The fraction of sp³-hybridized carbons (Fsp3) is 0.222. The first kappa shape index (κ1) is 8.59. The summed E-state index contributed by atoms with van der Waals surface area (Å²) in [6.07, 6.45) is 0. The van der Waals surface area contributed by atoms with Crippen LogP contribution in [0.3, 0.4) is 0 Å². The van der Waals surface area contributed by atoms with Crippen LogP contribution >= 0.6 is 0 Å². The molecule has 1 aromatic heterocycles. The number of fused-ring (bicyclic) bond motifs is 1. The largest absolute Gasteiger partial charge is 0.272 e. The van der Waals surface area contributed by atoms with Gasteiger partial charge in [-0.05, 0) is 18.5 Å². The highest BCUT2D eigenvalue weighted by molar-refractivity contribution is 5.84. The van der Waals surface area contributed by atoms with Crippen LogP contribution in [0, 0.1) is 6.92 Å². The zero-order valence-corrected chi connectivity index (χ0v) is 7.97. The number of aryl methyl sites for hydroxylation is 2. The Balaban J connectivity index is 2.73. The van der Waals surface area contributed by atoms with Crippen LogP contribution in [0.15, 0.2) is 23.3 Å². The third kappa shape index (κ3) is 1.20. The van der Waals surface area contributed by atoms with Crippen LogP contribution in [0.5, 0.6) is 0 Å². The molecule has 70 valence electrons. The van der Waals surface area contributed by atoms with Crippen LogP contribution in [-0.4, -0.2) is 9.78 Å². The van der Waals surface area contributed by atoms with E-state index in [9.17, 15) is 0 Å². The lowest BCUT2D eigenvalue weighted by molar-refractivity contribution is 0.751. The molecule has 1 heterocycles. The van der Waals surface area contributed by atoms with Crippen molar-refractivity contribution in [1.29, 1.82) is 0 Å². The average Bonchev–Trinajstić information content (AvgIpc) is 2.43. The SMILES string of the molecule is Cc1c2ccc(N=[N+]=[N-])cc2nn1C. The summed E-state index contributed by atoms with van der Waals surface area (Å²) >= 11 is 0. The van der Waals surface area contributed by atoms with Gasteiger partial charge in [0.2, 0.25) is 0 Å². The zero-order valence-electron chi connectivity index (χ0n) is 7.97. The number of hydrogen-bond acceptors (Lipinski definition) is 2. The highest BCUT2D eigenvalue weighted by atomic mass is 15.3. The van der Waals surface area contributed by atoms with E-state index >= 15 is 0 Å². The van der Waals surface area contributed by atoms with Crippen LogP contribution in [0.4, 0.5) is 5.69 Å². The molecule has 0 aliphatic rings. The van der Waals surface area contributed by atoms with Gasteiger partial charge in [-0.1, -0.05) is 17.2 Å². The summed E-state index contributed by atoms with van der Waals surface area (Å²) in [7, 11) is 1.89. The van der Waals surface area contributed by atoms with Gasteiger partial charge in [-0.2, -0.15) is 5.10 Å². The highest BCUT2D eigenvalue weighted by Gasteiger charge is 2.03. The molecular weight excluding hydrogens is 178 g/mol. The number of rotatable bonds is 1. The molecule has 0 aliphatic heterocycles. The summed E-state index contributed by atoms with van der Waals surface area (Å²) in [6.45, 7) is 2.00. The Morgan fingerprint density at radius 3 is 3.00 bits per heavy atom. The minimum Gasteiger partial charge on any atom is -0.272 e. The predicted octanol–water partition coefficient (Wildman–Crippen LogP) is 2.82. The molecule has 14 heavy (non-hydrogen) atoms. The average molecular weight is 187 g/mol. The van der Waals surface area contributed by atoms with Gasteiger partial charge in [0.05, 0.1) is 5.52 Å². The molecule has 0 fully saturated rings. The molecule has 2 rings (SSSR count). The summed E-state index contributed by atoms with van der Waals surface area (Å²) in [5.41, 5.74) is 10.8. The van der Waals surface area contributed by atoms with Crippen molar-refractivity contribution in [2.45, 2.75) is 6.92 Å². The van der Waals surface area contributed by atoms with Gasteiger partial charge in [0, 0.05) is 28.7 Å². The Kier molecular flexibility index (Phi) is 1.87. The first-order chi connectivity index (χ1) is 6.72. The molecule has 0 spiro atoms. The Labute approximate surface area is 80.6 Å². The zero-order chi connectivity index (χ0) is 10.1. The Morgan fingerprint density at radius 1 is 1.50 bits per heavy atom. The Bertz CT molecular complexity index is 533. The third-order valence-corrected chi connectivity index (χ3v) is 2.27. The van der Waals surface area contributed by atoms with Crippen molar-refractivity contribution in [2.24, 2.45) is 12.2 Å². The normalized spacial score (nSPS) is 10.1. The van der Waals surface area contributed by atoms with E-state index in [1.807, 2.05) is 24.7 Å². The monoisotopic (exact) mass is 187 g/mol. The van der Waals surface area contributed by atoms with Crippen LogP contribution in [0.25, 0.3) is 21.3 Å². The number of hydrogen-bond donors (Lipinski definition) is 0. The first-order valence-corrected chi connectivity index (χ1v) is 4.21. The molecule has 0 saturated heterocycles. The molecule has 0 aliphatic carbocycles. The maximum atomic E-state index is 8.28. The first-order valence-electron chi connectivity index (χ1n) is 4.21. The lowest BCUT2D eigenvalue weighted by Crippen LogP contribution is -1.91. The molecule has 0 radical (unpaired) electrons. The van der Waals surface area contributed by atoms with Crippen LogP contribution in [-0.2, 0) is 7.05 Å². The lowest BCUT2D eigenvalue weighted by Gasteiger charge is -1.92. The second kappa shape index (κ2) is 3.05.